The first-order chi connectivity index (χ1) is 15.0. The molecule has 1 N–H and O–H groups in total. The molecule has 3 heterocycles. The minimum Gasteiger partial charge on any atom is -0.327 e. The van der Waals surface area contributed by atoms with Crippen LogP contribution in [0.4, 0.5) is 15.9 Å². The number of pyridine rings is 1. The van der Waals surface area contributed by atoms with Crippen molar-refractivity contribution in [3.8, 4) is 17.1 Å². The van der Waals surface area contributed by atoms with Crippen LogP contribution < -0.4 is 9.88 Å². The summed E-state index contributed by atoms with van der Waals surface area (Å²) < 4.78 is 19.4. The Morgan fingerprint density at radius 3 is 2.55 bits per heavy atom. The van der Waals surface area contributed by atoms with Gasteiger partial charge in [-0.2, -0.15) is 0 Å². The fourth-order valence-corrected chi connectivity index (χ4v) is 3.75. The molecule has 0 spiro atoms. The van der Waals surface area contributed by atoms with Gasteiger partial charge in [-0.3, -0.25) is 0 Å². The number of imidazole rings is 2. The van der Waals surface area contributed by atoms with Crippen molar-refractivity contribution >= 4 is 22.5 Å². The van der Waals surface area contributed by atoms with Crippen molar-refractivity contribution in [1.29, 1.82) is 0 Å². The zero-order chi connectivity index (χ0) is 21.5. The highest BCUT2D eigenvalue weighted by atomic mass is 19.1. The summed E-state index contributed by atoms with van der Waals surface area (Å²) in [5.41, 5.74) is 5.64. The molecule has 0 radical (unpaired) electrons. The molecule has 0 amide bonds. The van der Waals surface area contributed by atoms with Crippen LogP contribution in [0.1, 0.15) is 5.69 Å². The summed E-state index contributed by atoms with van der Waals surface area (Å²) in [6.07, 6.45) is 5.85. The second-order valence-corrected chi connectivity index (χ2v) is 7.61. The highest BCUT2D eigenvalue weighted by Crippen LogP contribution is 2.29. The predicted octanol–water partition coefficient (Wildman–Crippen LogP) is 4.44. The maximum absolute atomic E-state index is 13.3. The highest BCUT2D eigenvalue weighted by molar-refractivity contribution is 5.92. The third-order valence-corrected chi connectivity index (χ3v) is 5.40. The van der Waals surface area contributed by atoms with Gasteiger partial charge >= 0.3 is 0 Å². The lowest BCUT2D eigenvalue weighted by Crippen LogP contribution is -2.31. The molecule has 0 saturated heterocycles. The van der Waals surface area contributed by atoms with Gasteiger partial charge in [-0.05, 0) is 49.4 Å². The summed E-state index contributed by atoms with van der Waals surface area (Å²) in [5, 5.41) is 3.50. The van der Waals surface area contributed by atoms with Crippen LogP contribution in [0.3, 0.4) is 0 Å². The van der Waals surface area contributed by atoms with Gasteiger partial charge in [0.2, 0.25) is 0 Å². The molecule has 0 aliphatic rings. The Bertz CT molecular complexity index is 1400. The average Bonchev–Trinajstić information content (AvgIpc) is 3.34. The van der Waals surface area contributed by atoms with Gasteiger partial charge in [-0.15, -0.1) is 0 Å². The van der Waals surface area contributed by atoms with Crippen molar-refractivity contribution in [2.45, 2.75) is 6.92 Å². The summed E-state index contributed by atoms with van der Waals surface area (Å²) in [6, 6.07) is 16.5. The number of anilines is 2. The first-order valence-corrected chi connectivity index (χ1v) is 9.98. The predicted molar refractivity (Wildman–Crippen MR) is 119 cm³/mol. The van der Waals surface area contributed by atoms with Gasteiger partial charge in [-0.1, -0.05) is 6.07 Å². The van der Waals surface area contributed by atoms with Crippen LogP contribution in [0.5, 0.6) is 0 Å². The van der Waals surface area contributed by atoms with Gasteiger partial charge in [0.15, 0.2) is 5.69 Å². The summed E-state index contributed by atoms with van der Waals surface area (Å²) >= 11 is 0. The minimum absolute atomic E-state index is 0.258. The van der Waals surface area contributed by atoms with Crippen LogP contribution in [-0.4, -0.2) is 19.1 Å². The van der Waals surface area contributed by atoms with E-state index < -0.39 is 0 Å². The second-order valence-electron chi connectivity index (χ2n) is 7.61. The van der Waals surface area contributed by atoms with Gasteiger partial charge in [0.1, 0.15) is 23.4 Å². The number of halogens is 1. The largest absolute Gasteiger partial charge is 0.327 e. The van der Waals surface area contributed by atoms with Crippen LogP contribution in [0, 0.1) is 12.7 Å². The van der Waals surface area contributed by atoms with Crippen LogP contribution in [0.2, 0.25) is 0 Å². The topological polar surface area (TPSA) is 51.6 Å². The number of rotatable bonds is 4. The molecule has 3 aromatic heterocycles. The fraction of sp³-hybridized carbons (Fsp3) is 0.125. The van der Waals surface area contributed by atoms with E-state index in [9.17, 15) is 4.39 Å². The van der Waals surface area contributed by atoms with E-state index in [1.54, 1.807) is 12.1 Å². The van der Waals surface area contributed by atoms with Gasteiger partial charge in [0.25, 0.3) is 5.82 Å². The molecule has 0 atom stereocenters. The van der Waals surface area contributed by atoms with Crippen LogP contribution in [0.25, 0.3) is 28.1 Å². The molecular weight excluding hydrogens is 391 g/mol. The molecule has 154 valence electrons. The Labute approximate surface area is 179 Å². The summed E-state index contributed by atoms with van der Waals surface area (Å²) in [5.74, 6) is 1.47. The number of benzene rings is 2. The van der Waals surface area contributed by atoms with E-state index in [-0.39, 0.29) is 5.82 Å². The van der Waals surface area contributed by atoms with Gasteiger partial charge in [0, 0.05) is 24.9 Å². The van der Waals surface area contributed by atoms with E-state index in [0.717, 1.165) is 45.3 Å². The van der Waals surface area contributed by atoms with E-state index in [2.05, 4.69) is 10.3 Å². The molecule has 0 aliphatic heterocycles. The summed E-state index contributed by atoms with van der Waals surface area (Å²) in [7, 11) is 3.97. The van der Waals surface area contributed by atoms with Crippen molar-refractivity contribution in [2.75, 3.05) is 5.32 Å². The molecule has 31 heavy (non-hydrogen) atoms. The van der Waals surface area contributed by atoms with Gasteiger partial charge in [0.05, 0.1) is 30.3 Å². The molecule has 0 aliphatic carbocycles. The first-order valence-electron chi connectivity index (χ1n) is 9.98. The minimum atomic E-state index is -0.258. The molecule has 7 heteroatoms. The number of nitrogens with zero attached hydrogens (tertiary/aromatic N) is 5. The lowest BCUT2D eigenvalue weighted by Gasteiger charge is -2.07. The number of hydrogen-bond donors (Lipinski definition) is 1. The molecule has 2 aromatic carbocycles. The standard InChI is InChI=1S/C24H21FN6/c1-16-13-31(15-26-16)19-11-12-22(29(2)14-19)27-20-5-4-6-21-23(20)28-24(30(21)3)17-7-9-18(25)10-8-17/h4-15H,1-3H3/p+1. The van der Waals surface area contributed by atoms with Gasteiger partial charge < -0.3 is 9.13 Å². The van der Waals surface area contributed by atoms with E-state index >= 15 is 0 Å². The Kier molecular flexibility index (Phi) is 4.51. The number of aromatic nitrogens is 5. The van der Waals surface area contributed by atoms with Crippen molar-refractivity contribution in [3.05, 3.63) is 84.8 Å². The zero-order valence-corrected chi connectivity index (χ0v) is 17.5. The summed E-state index contributed by atoms with van der Waals surface area (Å²) in [4.78, 5) is 9.16. The monoisotopic (exact) mass is 413 g/mol. The Morgan fingerprint density at radius 1 is 1.03 bits per heavy atom. The zero-order valence-electron chi connectivity index (χ0n) is 17.5. The molecule has 6 nitrogen and oxygen atoms in total. The molecular formula is C24H22FN6+. The quantitative estimate of drug-likeness (QED) is 0.443. The maximum atomic E-state index is 13.3. The normalized spacial score (nSPS) is 11.2. The van der Waals surface area contributed by atoms with Crippen LogP contribution in [0.15, 0.2) is 73.3 Å². The Balaban J connectivity index is 1.52. The number of hydrogen-bond acceptors (Lipinski definition) is 3. The Morgan fingerprint density at radius 2 is 1.84 bits per heavy atom. The second kappa shape index (κ2) is 7.36. The number of fused-ring (bicyclic) bond motifs is 1. The number of aryl methyl sites for hydroxylation is 3. The maximum Gasteiger partial charge on any atom is 0.279 e. The first kappa shape index (κ1) is 19.0. The molecule has 5 rings (SSSR count). The molecule has 0 bridgehead atoms. The van der Waals surface area contributed by atoms with E-state index in [4.69, 9.17) is 4.98 Å². The molecule has 0 saturated carbocycles. The lowest BCUT2D eigenvalue weighted by molar-refractivity contribution is -0.656. The summed E-state index contributed by atoms with van der Waals surface area (Å²) in [6.45, 7) is 1.97. The molecule has 5 aromatic rings. The van der Waals surface area contributed by atoms with Crippen molar-refractivity contribution in [1.82, 2.24) is 19.1 Å². The van der Waals surface area contributed by atoms with E-state index in [1.165, 1.54) is 12.1 Å². The van der Waals surface area contributed by atoms with E-state index in [0.29, 0.717) is 0 Å². The van der Waals surface area contributed by atoms with E-state index in [1.807, 2.05) is 83.8 Å². The Hall–Kier alpha value is -4.00. The number of nitrogens with one attached hydrogen (secondary N) is 1. The molecule has 0 fully saturated rings. The SMILES string of the molecule is Cc1cn(-c2ccc(Nc3cccc4c3nc(-c3ccc(F)cc3)n4C)[n+](C)c2)cn1. The van der Waals surface area contributed by atoms with Crippen LogP contribution in [-0.2, 0) is 14.1 Å². The average molecular weight is 413 g/mol. The number of para-hydroxylation sites is 1. The third kappa shape index (κ3) is 3.44. The lowest BCUT2D eigenvalue weighted by atomic mass is 10.2. The highest BCUT2D eigenvalue weighted by Gasteiger charge is 2.17. The van der Waals surface area contributed by atoms with Crippen LogP contribution >= 0.6 is 0 Å². The van der Waals surface area contributed by atoms with Crippen molar-refractivity contribution < 1.29 is 8.96 Å². The smallest absolute Gasteiger partial charge is 0.279 e. The van der Waals surface area contributed by atoms with Crippen molar-refractivity contribution in [3.63, 3.8) is 0 Å². The third-order valence-electron chi connectivity index (χ3n) is 5.40. The molecule has 0 unspecified atom stereocenters. The van der Waals surface area contributed by atoms with Crippen molar-refractivity contribution in [2.24, 2.45) is 14.1 Å². The fourth-order valence-electron chi connectivity index (χ4n) is 3.75. The van der Waals surface area contributed by atoms with Gasteiger partial charge in [-0.25, -0.2) is 24.2 Å².